The van der Waals surface area contributed by atoms with Gasteiger partial charge in [-0.05, 0) is 29.3 Å². The maximum atomic E-state index is 13.6. The zero-order valence-corrected chi connectivity index (χ0v) is 13.3. The van der Waals surface area contributed by atoms with Gasteiger partial charge in [0.1, 0.15) is 5.82 Å². The van der Waals surface area contributed by atoms with Gasteiger partial charge in [-0.3, -0.25) is 4.72 Å². The van der Waals surface area contributed by atoms with Crippen LogP contribution in [0.15, 0.2) is 46.9 Å². The first kappa shape index (κ1) is 15.9. The van der Waals surface area contributed by atoms with Crippen LogP contribution >= 0.6 is 15.9 Å². The molecule has 2 aromatic rings. The number of rotatable bonds is 5. The quantitative estimate of drug-likeness (QED) is 0.846. The summed E-state index contributed by atoms with van der Waals surface area (Å²) in [4.78, 5) is 0. The Kier molecular flexibility index (Phi) is 4.97. The van der Waals surface area contributed by atoms with Crippen LogP contribution in [0.2, 0.25) is 0 Å². The molecular formula is C14H13BrFNO3S. The number of sulfonamides is 1. The molecule has 0 saturated carbocycles. The molecule has 0 aromatic heterocycles. The molecule has 0 unspecified atom stereocenters. The second-order valence-electron chi connectivity index (χ2n) is 4.46. The Labute approximate surface area is 130 Å². The van der Waals surface area contributed by atoms with Crippen LogP contribution in [0.5, 0.6) is 0 Å². The molecule has 0 spiro atoms. The predicted molar refractivity (Wildman–Crippen MR) is 82.7 cm³/mol. The molecule has 0 aliphatic rings. The Morgan fingerprint density at radius 1 is 1.10 bits per heavy atom. The molecule has 0 heterocycles. The van der Waals surface area contributed by atoms with Crippen LogP contribution in [-0.4, -0.2) is 13.5 Å². The third-order valence-electron chi connectivity index (χ3n) is 2.76. The summed E-state index contributed by atoms with van der Waals surface area (Å²) < 4.78 is 40.4. The van der Waals surface area contributed by atoms with Crippen molar-refractivity contribution in [2.24, 2.45) is 0 Å². The van der Waals surface area contributed by atoms with Crippen LogP contribution in [0.25, 0.3) is 0 Å². The summed E-state index contributed by atoms with van der Waals surface area (Å²) in [5.41, 5.74) is 1.16. The van der Waals surface area contributed by atoms with Gasteiger partial charge in [0.25, 0.3) is 0 Å². The van der Waals surface area contributed by atoms with Gasteiger partial charge in [0.05, 0.1) is 18.0 Å². The molecular weight excluding hydrogens is 361 g/mol. The van der Waals surface area contributed by atoms with Crippen molar-refractivity contribution < 1.29 is 17.9 Å². The number of anilines is 1. The van der Waals surface area contributed by atoms with E-state index in [0.29, 0.717) is 15.6 Å². The first-order chi connectivity index (χ1) is 9.89. The van der Waals surface area contributed by atoms with E-state index in [4.69, 9.17) is 5.11 Å². The standard InChI is InChI=1S/C14H13BrFNO3S/c15-12-5-6-14(13(16)7-12)17-21(19,20)9-11-3-1-10(8-18)2-4-11/h1-7,17-18H,8-9H2. The minimum atomic E-state index is -3.71. The molecule has 112 valence electrons. The van der Waals surface area contributed by atoms with E-state index in [2.05, 4.69) is 20.7 Å². The molecule has 0 saturated heterocycles. The molecule has 2 N–H and O–H groups in total. The van der Waals surface area contributed by atoms with Crippen molar-refractivity contribution in [1.82, 2.24) is 0 Å². The van der Waals surface area contributed by atoms with Crippen LogP contribution in [-0.2, 0) is 22.4 Å². The molecule has 4 nitrogen and oxygen atoms in total. The van der Waals surface area contributed by atoms with Crippen molar-refractivity contribution in [2.45, 2.75) is 12.4 Å². The van der Waals surface area contributed by atoms with E-state index >= 15 is 0 Å². The van der Waals surface area contributed by atoms with Gasteiger partial charge in [0, 0.05) is 4.47 Å². The van der Waals surface area contributed by atoms with E-state index in [-0.39, 0.29) is 18.0 Å². The minimum Gasteiger partial charge on any atom is -0.392 e. The van der Waals surface area contributed by atoms with Gasteiger partial charge >= 0.3 is 0 Å². The third kappa shape index (κ3) is 4.52. The number of hydrogen-bond acceptors (Lipinski definition) is 3. The van der Waals surface area contributed by atoms with Crippen molar-refractivity contribution in [3.8, 4) is 0 Å². The van der Waals surface area contributed by atoms with Crippen LogP contribution in [0.3, 0.4) is 0 Å². The number of halogens is 2. The third-order valence-corrected chi connectivity index (χ3v) is 4.50. The molecule has 0 fully saturated rings. The summed E-state index contributed by atoms with van der Waals surface area (Å²) in [6.07, 6.45) is 0. The Morgan fingerprint density at radius 3 is 2.29 bits per heavy atom. The summed E-state index contributed by atoms with van der Waals surface area (Å²) in [5.74, 6) is -0.919. The minimum absolute atomic E-state index is 0.0924. The van der Waals surface area contributed by atoms with Gasteiger partial charge in [0.15, 0.2) is 0 Å². The molecule has 2 aromatic carbocycles. The summed E-state index contributed by atoms with van der Waals surface area (Å²) in [5, 5.41) is 8.93. The fraction of sp³-hybridized carbons (Fsp3) is 0.143. The zero-order valence-electron chi connectivity index (χ0n) is 10.9. The molecule has 0 atom stereocenters. The van der Waals surface area contributed by atoms with Crippen LogP contribution in [0, 0.1) is 5.82 Å². The van der Waals surface area contributed by atoms with E-state index in [0.717, 1.165) is 0 Å². The lowest BCUT2D eigenvalue weighted by Gasteiger charge is -2.09. The van der Waals surface area contributed by atoms with Crippen molar-refractivity contribution in [1.29, 1.82) is 0 Å². The maximum Gasteiger partial charge on any atom is 0.237 e. The zero-order chi connectivity index (χ0) is 15.5. The second-order valence-corrected chi connectivity index (χ2v) is 7.10. The number of nitrogens with one attached hydrogen (secondary N) is 1. The summed E-state index contributed by atoms with van der Waals surface area (Å²) >= 11 is 3.11. The predicted octanol–water partition coefficient (Wildman–Crippen LogP) is 3.02. The van der Waals surface area contributed by atoms with Crippen molar-refractivity contribution in [3.05, 3.63) is 63.9 Å². The lowest BCUT2D eigenvalue weighted by atomic mass is 10.2. The van der Waals surface area contributed by atoms with Gasteiger partial charge in [0.2, 0.25) is 10.0 Å². The fourth-order valence-corrected chi connectivity index (χ4v) is 3.27. The van der Waals surface area contributed by atoms with Crippen molar-refractivity contribution in [2.75, 3.05) is 4.72 Å². The molecule has 0 aliphatic heterocycles. The van der Waals surface area contributed by atoms with E-state index < -0.39 is 15.8 Å². The smallest absolute Gasteiger partial charge is 0.237 e. The SMILES string of the molecule is O=S(=O)(Cc1ccc(CO)cc1)Nc1ccc(Br)cc1F. The van der Waals surface area contributed by atoms with Gasteiger partial charge in [-0.15, -0.1) is 0 Å². The normalized spacial score (nSPS) is 11.4. The van der Waals surface area contributed by atoms with E-state index in [1.54, 1.807) is 30.3 Å². The highest BCUT2D eigenvalue weighted by Crippen LogP contribution is 2.21. The topological polar surface area (TPSA) is 66.4 Å². The molecule has 0 amide bonds. The van der Waals surface area contributed by atoms with Crippen molar-refractivity contribution in [3.63, 3.8) is 0 Å². The van der Waals surface area contributed by atoms with Crippen LogP contribution < -0.4 is 4.72 Å². The Hall–Kier alpha value is -1.44. The largest absolute Gasteiger partial charge is 0.392 e. The van der Waals surface area contributed by atoms with Gasteiger partial charge < -0.3 is 5.11 Å². The number of benzene rings is 2. The Balaban J connectivity index is 2.14. The van der Waals surface area contributed by atoms with Crippen LogP contribution in [0.4, 0.5) is 10.1 Å². The number of aliphatic hydroxyl groups is 1. The molecule has 7 heteroatoms. The average molecular weight is 374 g/mol. The van der Waals surface area contributed by atoms with E-state index in [1.807, 2.05) is 0 Å². The first-order valence-corrected chi connectivity index (χ1v) is 8.48. The summed E-state index contributed by atoms with van der Waals surface area (Å²) in [7, 11) is -3.71. The highest BCUT2D eigenvalue weighted by atomic mass is 79.9. The highest BCUT2D eigenvalue weighted by Gasteiger charge is 2.14. The number of hydrogen-bond donors (Lipinski definition) is 2. The lowest BCUT2D eigenvalue weighted by Crippen LogP contribution is -2.16. The molecule has 0 radical (unpaired) electrons. The fourth-order valence-electron chi connectivity index (χ4n) is 1.74. The summed E-state index contributed by atoms with van der Waals surface area (Å²) in [6.45, 7) is -0.102. The molecule has 0 bridgehead atoms. The Morgan fingerprint density at radius 2 is 1.71 bits per heavy atom. The van der Waals surface area contributed by atoms with E-state index in [1.165, 1.54) is 12.1 Å². The first-order valence-electron chi connectivity index (χ1n) is 6.04. The van der Waals surface area contributed by atoms with E-state index in [9.17, 15) is 12.8 Å². The van der Waals surface area contributed by atoms with Gasteiger partial charge in [-0.25, -0.2) is 12.8 Å². The van der Waals surface area contributed by atoms with Gasteiger partial charge in [-0.1, -0.05) is 40.2 Å². The highest BCUT2D eigenvalue weighted by molar-refractivity contribution is 9.10. The molecule has 0 aliphatic carbocycles. The summed E-state index contributed by atoms with van der Waals surface area (Å²) in [6, 6.07) is 10.6. The molecule has 2 rings (SSSR count). The monoisotopic (exact) mass is 373 g/mol. The second kappa shape index (κ2) is 6.55. The lowest BCUT2D eigenvalue weighted by molar-refractivity contribution is 0.282. The number of aliphatic hydroxyl groups excluding tert-OH is 1. The maximum absolute atomic E-state index is 13.6. The molecule has 21 heavy (non-hydrogen) atoms. The van der Waals surface area contributed by atoms with Crippen molar-refractivity contribution >= 4 is 31.6 Å². The van der Waals surface area contributed by atoms with Crippen LogP contribution in [0.1, 0.15) is 11.1 Å². The Bertz CT molecular complexity index is 732. The average Bonchev–Trinajstić information content (AvgIpc) is 2.42. The van der Waals surface area contributed by atoms with Gasteiger partial charge in [-0.2, -0.15) is 0 Å².